The van der Waals surface area contributed by atoms with Gasteiger partial charge >= 0.3 is 0 Å². The van der Waals surface area contributed by atoms with E-state index in [9.17, 15) is 8.42 Å². The Labute approximate surface area is 111 Å². The van der Waals surface area contributed by atoms with Gasteiger partial charge in [-0.15, -0.1) is 0 Å². The van der Waals surface area contributed by atoms with E-state index in [0.29, 0.717) is 18.0 Å². The fraction of sp³-hybridized carbons (Fsp3) is 0.333. The van der Waals surface area contributed by atoms with Gasteiger partial charge in [-0.2, -0.15) is 19.3 Å². The van der Waals surface area contributed by atoms with Crippen LogP contribution in [0.15, 0.2) is 47.6 Å². The van der Waals surface area contributed by atoms with Gasteiger partial charge in [0.1, 0.15) is 0 Å². The summed E-state index contributed by atoms with van der Waals surface area (Å²) in [4.78, 5) is 1.92. The molecule has 1 aromatic heterocycles. The number of benzene rings is 1. The second-order valence-electron chi connectivity index (χ2n) is 4.47. The quantitative estimate of drug-likeness (QED) is 0.837. The van der Waals surface area contributed by atoms with Gasteiger partial charge in [0, 0.05) is 13.1 Å². The molecule has 0 saturated carbocycles. The maximum Gasteiger partial charge on any atom is 0.243 e. The van der Waals surface area contributed by atoms with Crippen LogP contribution in [-0.4, -0.2) is 40.8 Å². The molecule has 1 atom stereocenters. The molecule has 2 aromatic rings. The summed E-state index contributed by atoms with van der Waals surface area (Å²) >= 11 is 0. The zero-order valence-corrected chi connectivity index (χ0v) is 11.1. The Kier molecular flexibility index (Phi) is 3.08. The lowest BCUT2D eigenvalue weighted by Gasteiger charge is -2.16. The van der Waals surface area contributed by atoms with E-state index < -0.39 is 10.0 Å². The van der Waals surface area contributed by atoms with Gasteiger partial charge in [0.25, 0.3) is 0 Å². The molecule has 6 nitrogen and oxygen atoms in total. The highest BCUT2D eigenvalue weighted by atomic mass is 32.2. The SMILES string of the molecule is O=S(=O)(c1ccccc1)N1CCC(n2nccn2)C1. The van der Waals surface area contributed by atoms with Crippen molar-refractivity contribution in [2.75, 3.05) is 13.1 Å². The highest BCUT2D eigenvalue weighted by Crippen LogP contribution is 2.26. The van der Waals surface area contributed by atoms with E-state index in [2.05, 4.69) is 10.2 Å². The van der Waals surface area contributed by atoms with Crippen molar-refractivity contribution in [1.29, 1.82) is 0 Å². The number of sulfonamides is 1. The number of rotatable bonds is 3. The number of aromatic nitrogens is 3. The number of hydrogen-bond donors (Lipinski definition) is 0. The van der Waals surface area contributed by atoms with E-state index in [1.165, 1.54) is 4.31 Å². The van der Waals surface area contributed by atoms with Crippen LogP contribution in [0.1, 0.15) is 12.5 Å². The van der Waals surface area contributed by atoms with Crippen LogP contribution in [0.3, 0.4) is 0 Å². The second-order valence-corrected chi connectivity index (χ2v) is 6.41. The first-order valence-electron chi connectivity index (χ1n) is 6.09. The second kappa shape index (κ2) is 4.75. The lowest BCUT2D eigenvalue weighted by molar-refractivity contribution is 0.402. The van der Waals surface area contributed by atoms with E-state index in [-0.39, 0.29) is 6.04 Å². The van der Waals surface area contributed by atoms with Crippen LogP contribution in [-0.2, 0) is 10.0 Å². The van der Waals surface area contributed by atoms with E-state index >= 15 is 0 Å². The molecule has 0 radical (unpaired) electrons. The minimum absolute atomic E-state index is 0.0217. The molecule has 0 amide bonds. The first-order valence-corrected chi connectivity index (χ1v) is 7.53. The minimum atomic E-state index is -3.40. The molecule has 7 heteroatoms. The lowest BCUT2D eigenvalue weighted by atomic mass is 10.3. The topological polar surface area (TPSA) is 68.1 Å². The maximum atomic E-state index is 12.4. The summed E-state index contributed by atoms with van der Waals surface area (Å²) in [6.45, 7) is 0.926. The summed E-state index contributed by atoms with van der Waals surface area (Å²) in [6.07, 6.45) is 3.95. The van der Waals surface area contributed by atoms with Gasteiger partial charge < -0.3 is 0 Å². The highest BCUT2D eigenvalue weighted by molar-refractivity contribution is 7.89. The van der Waals surface area contributed by atoms with E-state index in [0.717, 1.165) is 6.42 Å². The van der Waals surface area contributed by atoms with Crippen LogP contribution in [0.25, 0.3) is 0 Å². The molecule has 1 aliphatic rings. The maximum absolute atomic E-state index is 12.4. The normalized spacial score (nSPS) is 20.7. The fourth-order valence-electron chi connectivity index (χ4n) is 2.27. The lowest BCUT2D eigenvalue weighted by Crippen LogP contribution is -2.29. The van der Waals surface area contributed by atoms with Gasteiger partial charge in [-0.25, -0.2) is 8.42 Å². The van der Waals surface area contributed by atoms with Crippen molar-refractivity contribution in [2.24, 2.45) is 0 Å². The molecule has 100 valence electrons. The fourth-order valence-corrected chi connectivity index (χ4v) is 3.79. The molecule has 0 spiro atoms. The van der Waals surface area contributed by atoms with Crippen molar-refractivity contribution >= 4 is 10.0 Å². The largest absolute Gasteiger partial charge is 0.243 e. The van der Waals surface area contributed by atoms with Gasteiger partial charge in [-0.05, 0) is 18.6 Å². The third-order valence-electron chi connectivity index (χ3n) is 3.27. The van der Waals surface area contributed by atoms with Crippen molar-refractivity contribution in [1.82, 2.24) is 19.3 Å². The molecule has 1 saturated heterocycles. The summed E-state index contributed by atoms with van der Waals surface area (Å²) < 4.78 is 26.3. The molecule has 1 unspecified atom stereocenters. The van der Waals surface area contributed by atoms with Gasteiger partial charge in [0.2, 0.25) is 10.0 Å². The van der Waals surface area contributed by atoms with Crippen molar-refractivity contribution < 1.29 is 8.42 Å². The third kappa shape index (κ3) is 2.26. The third-order valence-corrected chi connectivity index (χ3v) is 5.15. The monoisotopic (exact) mass is 278 g/mol. The average Bonchev–Trinajstić information content (AvgIpc) is 3.10. The Balaban J connectivity index is 1.81. The van der Waals surface area contributed by atoms with Crippen LogP contribution < -0.4 is 0 Å². The molecule has 0 N–H and O–H groups in total. The van der Waals surface area contributed by atoms with Gasteiger partial charge in [-0.1, -0.05) is 18.2 Å². The zero-order chi connectivity index (χ0) is 13.3. The Morgan fingerprint density at radius 2 is 1.79 bits per heavy atom. The predicted octanol–water partition coefficient (Wildman–Crippen LogP) is 0.914. The van der Waals surface area contributed by atoms with Crippen molar-refractivity contribution in [3.05, 3.63) is 42.7 Å². The van der Waals surface area contributed by atoms with E-state index in [1.807, 2.05) is 0 Å². The predicted molar refractivity (Wildman–Crippen MR) is 68.9 cm³/mol. The van der Waals surface area contributed by atoms with Crippen molar-refractivity contribution in [2.45, 2.75) is 17.4 Å². The molecule has 1 aliphatic heterocycles. The van der Waals surface area contributed by atoms with Crippen molar-refractivity contribution in [3.63, 3.8) is 0 Å². The van der Waals surface area contributed by atoms with Gasteiger partial charge in [0.05, 0.1) is 23.3 Å². The van der Waals surface area contributed by atoms with Gasteiger partial charge in [-0.3, -0.25) is 0 Å². The molecule has 3 rings (SSSR count). The van der Waals surface area contributed by atoms with Gasteiger partial charge in [0.15, 0.2) is 0 Å². The van der Waals surface area contributed by atoms with Crippen LogP contribution in [0, 0.1) is 0 Å². The molecule has 19 heavy (non-hydrogen) atoms. The number of hydrogen-bond acceptors (Lipinski definition) is 4. The molecular weight excluding hydrogens is 264 g/mol. The Bertz CT molecular complexity index is 640. The first-order chi connectivity index (χ1) is 9.18. The summed E-state index contributed by atoms with van der Waals surface area (Å²) in [6, 6.07) is 8.53. The molecular formula is C12H14N4O2S. The molecule has 0 aliphatic carbocycles. The van der Waals surface area contributed by atoms with E-state index in [4.69, 9.17) is 0 Å². The van der Waals surface area contributed by atoms with Crippen LogP contribution >= 0.6 is 0 Å². The standard InChI is InChI=1S/C12H14N4O2S/c17-19(18,12-4-2-1-3-5-12)15-9-6-11(10-15)16-13-7-8-14-16/h1-5,7-8,11H,6,9-10H2. The Hall–Kier alpha value is -1.73. The highest BCUT2D eigenvalue weighted by Gasteiger charge is 2.33. The Morgan fingerprint density at radius 3 is 2.47 bits per heavy atom. The smallest absolute Gasteiger partial charge is 0.207 e. The summed E-state index contributed by atoms with van der Waals surface area (Å²) in [7, 11) is -3.40. The van der Waals surface area contributed by atoms with Crippen LogP contribution in [0.2, 0.25) is 0 Å². The van der Waals surface area contributed by atoms with Crippen LogP contribution in [0.4, 0.5) is 0 Å². The van der Waals surface area contributed by atoms with E-state index in [1.54, 1.807) is 47.5 Å². The minimum Gasteiger partial charge on any atom is -0.207 e. The first kappa shape index (κ1) is 12.3. The molecule has 1 fully saturated rings. The summed E-state index contributed by atoms with van der Waals surface area (Å²) in [5.74, 6) is 0. The Morgan fingerprint density at radius 1 is 1.11 bits per heavy atom. The zero-order valence-electron chi connectivity index (χ0n) is 10.3. The van der Waals surface area contributed by atoms with Crippen molar-refractivity contribution in [3.8, 4) is 0 Å². The molecule has 1 aromatic carbocycles. The molecule has 0 bridgehead atoms. The number of nitrogens with zero attached hydrogens (tertiary/aromatic N) is 4. The summed E-state index contributed by atoms with van der Waals surface area (Å²) in [5, 5.41) is 8.14. The average molecular weight is 278 g/mol. The summed E-state index contributed by atoms with van der Waals surface area (Å²) in [5.41, 5.74) is 0. The van der Waals surface area contributed by atoms with Crippen LogP contribution in [0.5, 0.6) is 0 Å². The molecule has 2 heterocycles.